The van der Waals surface area contributed by atoms with Crippen LogP contribution in [0.4, 0.5) is 0 Å². The first-order valence-corrected chi connectivity index (χ1v) is 8.97. The molecule has 4 aromatic rings. The van der Waals surface area contributed by atoms with E-state index < -0.39 is 0 Å². The van der Waals surface area contributed by atoms with Gasteiger partial charge in [0.2, 0.25) is 0 Å². The van der Waals surface area contributed by atoms with E-state index in [-0.39, 0.29) is 5.97 Å². The highest BCUT2D eigenvalue weighted by Gasteiger charge is 2.18. The molecule has 0 saturated carbocycles. The Hall–Kier alpha value is -3.53. The van der Waals surface area contributed by atoms with Gasteiger partial charge in [0.25, 0.3) is 0 Å². The summed E-state index contributed by atoms with van der Waals surface area (Å²) in [6.45, 7) is 1.41. The van der Waals surface area contributed by atoms with Crippen LogP contribution in [0.25, 0.3) is 32.7 Å². The zero-order valence-corrected chi connectivity index (χ0v) is 16.0. The molecule has 0 saturated heterocycles. The molecule has 4 nitrogen and oxygen atoms in total. The van der Waals surface area contributed by atoms with E-state index in [1.807, 2.05) is 66.7 Å². The molecule has 0 bridgehead atoms. The minimum atomic E-state index is -0.355. The van der Waals surface area contributed by atoms with Gasteiger partial charge in [-0.2, -0.15) is 0 Å². The molecule has 0 radical (unpaired) electrons. The molecule has 0 N–H and O–H groups in total. The lowest BCUT2D eigenvalue weighted by molar-refractivity contribution is -0.131. The smallest absolute Gasteiger partial charge is 0.308 e. The minimum Gasteiger partial charge on any atom is -0.497 e. The molecular formula is C24H20O4. The van der Waals surface area contributed by atoms with Crippen molar-refractivity contribution in [2.75, 3.05) is 14.2 Å². The van der Waals surface area contributed by atoms with Gasteiger partial charge in [0, 0.05) is 17.7 Å². The van der Waals surface area contributed by atoms with Crippen LogP contribution < -0.4 is 14.2 Å². The van der Waals surface area contributed by atoms with E-state index >= 15 is 0 Å². The summed E-state index contributed by atoms with van der Waals surface area (Å²) in [5.74, 6) is 1.70. The molecule has 0 aliphatic heterocycles. The largest absolute Gasteiger partial charge is 0.497 e. The Labute approximate surface area is 163 Å². The lowest BCUT2D eigenvalue weighted by Crippen LogP contribution is -2.03. The fourth-order valence-corrected chi connectivity index (χ4v) is 3.57. The zero-order chi connectivity index (χ0) is 19.7. The predicted octanol–water partition coefficient (Wildman–Crippen LogP) is 5.60. The molecule has 4 heteroatoms. The molecule has 0 atom stereocenters. The second-order valence-electron chi connectivity index (χ2n) is 6.48. The van der Waals surface area contributed by atoms with Gasteiger partial charge in [-0.05, 0) is 52.2 Å². The van der Waals surface area contributed by atoms with Gasteiger partial charge >= 0.3 is 5.97 Å². The van der Waals surface area contributed by atoms with Crippen molar-refractivity contribution in [3.63, 3.8) is 0 Å². The molecule has 0 amide bonds. The highest BCUT2D eigenvalue weighted by atomic mass is 16.5. The molecule has 0 aromatic heterocycles. The van der Waals surface area contributed by atoms with Gasteiger partial charge in [-0.1, -0.05) is 36.4 Å². The van der Waals surface area contributed by atoms with Crippen molar-refractivity contribution in [3.05, 3.63) is 66.7 Å². The number of esters is 1. The van der Waals surface area contributed by atoms with Crippen LogP contribution in [0.1, 0.15) is 6.92 Å². The molecule has 0 aliphatic rings. The van der Waals surface area contributed by atoms with Crippen LogP contribution >= 0.6 is 0 Å². The molecule has 4 rings (SSSR count). The van der Waals surface area contributed by atoms with Gasteiger partial charge < -0.3 is 14.2 Å². The van der Waals surface area contributed by atoms with Crippen LogP contribution in [-0.4, -0.2) is 20.2 Å². The fraction of sp³-hybridized carbons (Fsp3) is 0.125. The molecular weight excluding hydrogens is 352 g/mol. The number of hydrogen-bond acceptors (Lipinski definition) is 4. The third kappa shape index (κ3) is 3.03. The average Bonchev–Trinajstić information content (AvgIpc) is 2.73. The van der Waals surface area contributed by atoms with Gasteiger partial charge in [0.1, 0.15) is 17.2 Å². The van der Waals surface area contributed by atoms with Gasteiger partial charge in [-0.15, -0.1) is 0 Å². The molecule has 0 aliphatic carbocycles. The molecule has 0 spiro atoms. The van der Waals surface area contributed by atoms with Crippen LogP contribution in [-0.2, 0) is 4.79 Å². The van der Waals surface area contributed by atoms with Crippen LogP contribution in [0, 0.1) is 0 Å². The lowest BCUT2D eigenvalue weighted by atomic mass is 9.91. The summed E-state index contributed by atoms with van der Waals surface area (Å²) in [6.07, 6.45) is 0. The molecule has 4 aromatic carbocycles. The summed E-state index contributed by atoms with van der Waals surface area (Å²) in [5.41, 5.74) is 2.13. The number of fused-ring (bicyclic) bond motifs is 2. The third-order valence-electron chi connectivity index (χ3n) is 4.81. The Balaban J connectivity index is 2.14. The number of methoxy groups -OCH3 is 2. The van der Waals surface area contributed by atoms with Crippen LogP contribution in [0.2, 0.25) is 0 Å². The van der Waals surface area contributed by atoms with E-state index in [1.54, 1.807) is 14.2 Å². The first kappa shape index (κ1) is 17.9. The Kier molecular flexibility index (Phi) is 4.62. The highest BCUT2D eigenvalue weighted by Crippen LogP contribution is 2.44. The van der Waals surface area contributed by atoms with E-state index in [0.29, 0.717) is 11.5 Å². The van der Waals surface area contributed by atoms with Crippen LogP contribution in [0.15, 0.2) is 66.7 Å². The molecule has 0 fully saturated rings. The summed E-state index contributed by atoms with van der Waals surface area (Å²) in [7, 11) is 3.28. The van der Waals surface area contributed by atoms with Crippen molar-refractivity contribution in [1.29, 1.82) is 0 Å². The maximum absolute atomic E-state index is 11.8. The summed E-state index contributed by atoms with van der Waals surface area (Å²) in [4.78, 5) is 11.8. The van der Waals surface area contributed by atoms with Crippen molar-refractivity contribution in [2.45, 2.75) is 6.92 Å². The maximum atomic E-state index is 11.8. The number of carbonyl (C=O) groups excluding carboxylic acids is 1. The van der Waals surface area contributed by atoms with E-state index in [9.17, 15) is 4.79 Å². The first-order chi connectivity index (χ1) is 13.6. The Bertz CT molecular complexity index is 1180. The lowest BCUT2D eigenvalue weighted by Gasteiger charge is -2.17. The number of rotatable bonds is 4. The van der Waals surface area contributed by atoms with Crippen molar-refractivity contribution in [2.24, 2.45) is 0 Å². The topological polar surface area (TPSA) is 44.8 Å². The van der Waals surface area contributed by atoms with Crippen molar-refractivity contribution < 1.29 is 19.0 Å². The fourth-order valence-electron chi connectivity index (χ4n) is 3.57. The molecule has 0 unspecified atom stereocenters. The standard InChI is InChI=1S/C24H20O4/c1-15(25)28-24-21-7-5-4-6-19(21)23(16-8-10-17(26-2)11-9-16)20-13-12-18(27-3)14-22(20)24/h4-14H,1-3H3. The zero-order valence-electron chi connectivity index (χ0n) is 16.0. The van der Waals surface area contributed by atoms with Crippen molar-refractivity contribution >= 4 is 27.5 Å². The molecule has 140 valence electrons. The number of ether oxygens (including phenoxy) is 3. The van der Waals surface area contributed by atoms with Gasteiger partial charge in [0.05, 0.1) is 14.2 Å². The van der Waals surface area contributed by atoms with Gasteiger partial charge in [-0.25, -0.2) is 0 Å². The summed E-state index contributed by atoms with van der Waals surface area (Å²) in [5, 5.41) is 3.71. The SMILES string of the molecule is COc1ccc(-c2c3ccccc3c(OC(C)=O)c3cc(OC)ccc23)cc1. The van der Waals surface area contributed by atoms with Gasteiger partial charge in [0.15, 0.2) is 0 Å². The number of carbonyl (C=O) groups is 1. The normalized spacial score (nSPS) is 10.8. The molecule has 0 heterocycles. The minimum absolute atomic E-state index is 0.355. The summed E-state index contributed by atoms with van der Waals surface area (Å²) in [6, 6.07) is 21.7. The second kappa shape index (κ2) is 7.24. The number of hydrogen-bond donors (Lipinski definition) is 0. The Morgan fingerprint density at radius 3 is 1.96 bits per heavy atom. The Morgan fingerprint density at radius 2 is 1.32 bits per heavy atom. The van der Waals surface area contributed by atoms with Crippen molar-refractivity contribution in [3.8, 4) is 28.4 Å². The second-order valence-corrected chi connectivity index (χ2v) is 6.48. The van der Waals surface area contributed by atoms with E-state index in [1.165, 1.54) is 6.92 Å². The average molecular weight is 372 g/mol. The summed E-state index contributed by atoms with van der Waals surface area (Å²) >= 11 is 0. The quantitative estimate of drug-likeness (QED) is 0.266. The number of benzene rings is 4. The first-order valence-electron chi connectivity index (χ1n) is 8.97. The van der Waals surface area contributed by atoms with E-state index in [0.717, 1.165) is 38.4 Å². The van der Waals surface area contributed by atoms with E-state index in [4.69, 9.17) is 14.2 Å². The van der Waals surface area contributed by atoms with Crippen LogP contribution in [0.3, 0.4) is 0 Å². The summed E-state index contributed by atoms with van der Waals surface area (Å²) < 4.78 is 16.4. The van der Waals surface area contributed by atoms with Crippen molar-refractivity contribution in [1.82, 2.24) is 0 Å². The van der Waals surface area contributed by atoms with E-state index in [2.05, 4.69) is 0 Å². The third-order valence-corrected chi connectivity index (χ3v) is 4.81. The maximum Gasteiger partial charge on any atom is 0.308 e. The van der Waals surface area contributed by atoms with Crippen LogP contribution in [0.5, 0.6) is 17.2 Å². The molecule has 28 heavy (non-hydrogen) atoms. The predicted molar refractivity (Wildman–Crippen MR) is 111 cm³/mol. The van der Waals surface area contributed by atoms with Gasteiger partial charge in [-0.3, -0.25) is 4.79 Å². The highest BCUT2D eigenvalue weighted by molar-refractivity contribution is 6.17. The monoisotopic (exact) mass is 372 g/mol. The Morgan fingerprint density at radius 1 is 0.714 bits per heavy atom.